The van der Waals surface area contributed by atoms with E-state index in [-0.39, 0.29) is 23.8 Å². The minimum atomic E-state index is -0.108. The number of amides is 2. The third-order valence-electron chi connectivity index (χ3n) is 4.46. The molecular formula is C15H26N2O2. The standard InChI is InChI=1S/C15H26N2O2/c1-11(2)17-10-13(9-14(17)18)15(19)16-7-4-5-12(3)6-8-16/h11-13H,4-10H2,1-3H3. The monoisotopic (exact) mass is 266 g/mol. The molecular weight excluding hydrogens is 240 g/mol. The van der Waals surface area contributed by atoms with E-state index in [0.717, 1.165) is 31.8 Å². The van der Waals surface area contributed by atoms with Crippen LogP contribution in [0.5, 0.6) is 0 Å². The fraction of sp³-hybridized carbons (Fsp3) is 0.867. The highest BCUT2D eigenvalue weighted by Gasteiger charge is 2.37. The van der Waals surface area contributed by atoms with Crippen molar-refractivity contribution in [1.29, 1.82) is 0 Å². The lowest BCUT2D eigenvalue weighted by Gasteiger charge is -2.25. The zero-order chi connectivity index (χ0) is 14.0. The topological polar surface area (TPSA) is 40.6 Å². The highest BCUT2D eigenvalue weighted by Crippen LogP contribution is 2.24. The molecule has 2 unspecified atom stereocenters. The quantitative estimate of drug-likeness (QED) is 0.766. The smallest absolute Gasteiger partial charge is 0.227 e. The molecule has 0 N–H and O–H groups in total. The van der Waals surface area contributed by atoms with Crippen molar-refractivity contribution in [3.8, 4) is 0 Å². The number of hydrogen-bond acceptors (Lipinski definition) is 2. The molecule has 0 aliphatic carbocycles. The second-order valence-electron chi connectivity index (χ2n) is 6.40. The van der Waals surface area contributed by atoms with E-state index in [0.29, 0.717) is 13.0 Å². The zero-order valence-corrected chi connectivity index (χ0v) is 12.4. The van der Waals surface area contributed by atoms with Crippen molar-refractivity contribution in [2.24, 2.45) is 11.8 Å². The van der Waals surface area contributed by atoms with Gasteiger partial charge in [-0.2, -0.15) is 0 Å². The van der Waals surface area contributed by atoms with Crippen molar-refractivity contribution in [2.45, 2.75) is 52.5 Å². The maximum absolute atomic E-state index is 12.5. The van der Waals surface area contributed by atoms with Crippen molar-refractivity contribution in [3.05, 3.63) is 0 Å². The third-order valence-corrected chi connectivity index (χ3v) is 4.46. The molecule has 0 aromatic rings. The van der Waals surface area contributed by atoms with Gasteiger partial charge in [-0.3, -0.25) is 9.59 Å². The van der Waals surface area contributed by atoms with E-state index < -0.39 is 0 Å². The first kappa shape index (κ1) is 14.4. The van der Waals surface area contributed by atoms with Crippen LogP contribution in [0, 0.1) is 11.8 Å². The Balaban J connectivity index is 1.95. The summed E-state index contributed by atoms with van der Waals surface area (Å²) in [6.45, 7) is 8.63. The Morgan fingerprint density at radius 2 is 2.00 bits per heavy atom. The number of likely N-dealkylation sites (tertiary alicyclic amines) is 2. The minimum Gasteiger partial charge on any atom is -0.342 e. The second-order valence-corrected chi connectivity index (χ2v) is 6.40. The largest absolute Gasteiger partial charge is 0.342 e. The molecule has 2 heterocycles. The molecule has 2 rings (SSSR count). The van der Waals surface area contributed by atoms with Gasteiger partial charge in [0.25, 0.3) is 0 Å². The normalized spacial score (nSPS) is 28.9. The Hall–Kier alpha value is -1.06. The van der Waals surface area contributed by atoms with Gasteiger partial charge >= 0.3 is 0 Å². The molecule has 4 nitrogen and oxygen atoms in total. The Morgan fingerprint density at radius 1 is 1.26 bits per heavy atom. The lowest BCUT2D eigenvalue weighted by atomic mass is 10.0. The van der Waals surface area contributed by atoms with Gasteiger partial charge in [0.15, 0.2) is 0 Å². The van der Waals surface area contributed by atoms with Crippen molar-refractivity contribution in [2.75, 3.05) is 19.6 Å². The van der Waals surface area contributed by atoms with E-state index >= 15 is 0 Å². The van der Waals surface area contributed by atoms with Crippen LogP contribution in [-0.4, -0.2) is 47.3 Å². The Labute approximate surface area is 116 Å². The van der Waals surface area contributed by atoms with E-state index in [2.05, 4.69) is 6.92 Å². The average Bonchev–Trinajstić information content (AvgIpc) is 2.61. The predicted octanol–water partition coefficient (Wildman–Crippen LogP) is 1.89. The number of carbonyl (C=O) groups is 2. The van der Waals surface area contributed by atoms with E-state index in [1.807, 2.05) is 23.6 Å². The number of carbonyl (C=O) groups excluding carboxylic acids is 2. The van der Waals surface area contributed by atoms with Crippen molar-refractivity contribution in [3.63, 3.8) is 0 Å². The SMILES string of the molecule is CC1CCCN(C(=O)C2CC(=O)N(C(C)C)C2)CC1. The van der Waals surface area contributed by atoms with Crippen LogP contribution in [-0.2, 0) is 9.59 Å². The van der Waals surface area contributed by atoms with Crippen LogP contribution < -0.4 is 0 Å². The van der Waals surface area contributed by atoms with E-state index in [1.54, 1.807) is 0 Å². The summed E-state index contributed by atoms with van der Waals surface area (Å²) in [5.41, 5.74) is 0. The summed E-state index contributed by atoms with van der Waals surface area (Å²) in [5, 5.41) is 0. The number of hydrogen-bond donors (Lipinski definition) is 0. The number of nitrogens with zero attached hydrogens (tertiary/aromatic N) is 2. The van der Waals surface area contributed by atoms with Gasteiger partial charge in [0.2, 0.25) is 11.8 Å². The minimum absolute atomic E-state index is 0.108. The summed E-state index contributed by atoms with van der Waals surface area (Å²) in [6.07, 6.45) is 3.82. The molecule has 2 aliphatic heterocycles. The van der Waals surface area contributed by atoms with Crippen LogP contribution in [0.3, 0.4) is 0 Å². The Morgan fingerprint density at radius 3 is 2.63 bits per heavy atom. The fourth-order valence-corrected chi connectivity index (χ4v) is 3.14. The van der Waals surface area contributed by atoms with Crippen LogP contribution in [0.15, 0.2) is 0 Å². The fourth-order valence-electron chi connectivity index (χ4n) is 3.14. The van der Waals surface area contributed by atoms with Gasteiger partial charge in [0, 0.05) is 32.1 Å². The first-order chi connectivity index (χ1) is 8.99. The molecule has 2 fully saturated rings. The van der Waals surface area contributed by atoms with Crippen molar-refractivity contribution >= 4 is 11.8 Å². The maximum Gasteiger partial charge on any atom is 0.227 e. The van der Waals surface area contributed by atoms with Crippen molar-refractivity contribution in [1.82, 2.24) is 9.80 Å². The third kappa shape index (κ3) is 3.28. The molecule has 4 heteroatoms. The lowest BCUT2D eigenvalue weighted by Crippen LogP contribution is -2.39. The summed E-state index contributed by atoms with van der Waals surface area (Å²) >= 11 is 0. The van der Waals surface area contributed by atoms with Crippen molar-refractivity contribution < 1.29 is 9.59 Å². The highest BCUT2D eigenvalue weighted by atomic mass is 16.2. The molecule has 0 aromatic heterocycles. The first-order valence-corrected chi connectivity index (χ1v) is 7.57. The van der Waals surface area contributed by atoms with Gasteiger partial charge in [-0.1, -0.05) is 6.92 Å². The van der Waals surface area contributed by atoms with Gasteiger partial charge in [0.1, 0.15) is 0 Å². The summed E-state index contributed by atoms with van der Waals surface area (Å²) < 4.78 is 0. The summed E-state index contributed by atoms with van der Waals surface area (Å²) in [5.74, 6) is 0.945. The average molecular weight is 266 g/mol. The van der Waals surface area contributed by atoms with Crippen LogP contribution in [0.1, 0.15) is 46.5 Å². The molecule has 2 amide bonds. The lowest BCUT2D eigenvalue weighted by molar-refractivity contribution is -0.135. The highest BCUT2D eigenvalue weighted by molar-refractivity contribution is 5.89. The molecule has 0 bridgehead atoms. The number of rotatable bonds is 2. The van der Waals surface area contributed by atoms with Gasteiger partial charge < -0.3 is 9.80 Å². The van der Waals surface area contributed by atoms with Gasteiger partial charge in [-0.05, 0) is 39.0 Å². The Kier molecular flexibility index (Phi) is 4.48. The second kappa shape index (κ2) is 5.93. The molecule has 0 radical (unpaired) electrons. The predicted molar refractivity (Wildman–Crippen MR) is 74.6 cm³/mol. The molecule has 19 heavy (non-hydrogen) atoms. The molecule has 0 saturated carbocycles. The molecule has 2 saturated heterocycles. The Bertz CT molecular complexity index is 354. The first-order valence-electron chi connectivity index (χ1n) is 7.57. The maximum atomic E-state index is 12.5. The van der Waals surface area contributed by atoms with Gasteiger partial charge in [-0.15, -0.1) is 0 Å². The molecule has 2 atom stereocenters. The zero-order valence-electron chi connectivity index (χ0n) is 12.4. The van der Waals surface area contributed by atoms with Crippen LogP contribution >= 0.6 is 0 Å². The summed E-state index contributed by atoms with van der Waals surface area (Å²) in [4.78, 5) is 28.2. The van der Waals surface area contributed by atoms with Crippen LogP contribution in [0.4, 0.5) is 0 Å². The molecule has 108 valence electrons. The molecule has 0 spiro atoms. The van der Waals surface area contributed by atoms with E-state index in [4.69, 9.17) is 0 Å². The summed E-state index contributed by atoms with van der Waals surface area (Å²) in [7, 11) is 0. The molecule has 0 aromatic carbocycles. The van der Waals surface area contributed by atoms with Crippen LogP contribution in [0.25, 0.3) is 0 Å². The summed E-state index contributed by atoms with van der Waals surface area (Å²) in [6, 6.07) is 0.203. The van der Waals surface area contributed by atoms with E-state index in [9.17, 15) is 9.59 Å². The van der Waals surface area contributed by atoms with E-state index in [1.165, 1.54) is 6.42 Å². The molecule has 2 aliphatic rings. The van der Waals surface area contributed by atoms with Gasteiger partial charge in [-0.25, -0.2) is 0 Å². The van der Waals surface area contributed by atoms with Gasteiger partial charge in [0.05, 0.1) is 5.92 Å². The van der Waals surface area contributed by atoms with Crippen LogP contribution in [0.2, 0.25) is 0 Å².